The van der Waals surface area contributed by atoms with Crippen molar-refractivity contribution in [3.8, 4) is 11.5 Å². The van der Waals surface area contributed by atoms with Crippen LogP contribution in [0.3, 0.4) is 0 Å². The summed E-state index contributed by atoms with van der Waals surface area (Å²) >= 11 is 0. The second kappa shape index (κ2) is 7.73. The second-order valence-corrected chi connectivity index (χ2v) is 5.38. The molecule has 0 unspecified atom stereocenters. The fraction of sp³-hybridized carbons (Fsp3) is 0.167. The summed E-state index contributed by atoms with van der Waals surface area (Å²) in [5.41, 5.74) is 1.13. The summed E-state index contributed by atoms with van der Waals surface area (Å²) in [5.74, 6) is 0.956. The van der Waals surface area contributed by atoms with Crippen LogP contribution in [-0.4, -0.2) is 37.4 Å². The first-order chi connectivity index (χ1) is 13.0. The molecule has 9 heteroatoms. The number of nitrogens with one attached hydrogen (secondary N) is 2. The predicted octanol–water partition coefficient (Wildman–Crippen LogP) is 3.71. The van der Waals surface area contributed by atoms with Gasteiger partial charge in [-0.1, -0.05) is 0 Å². The quantitative estimate of drug-likeness (QED) is 0.705. The number of anilines is 3. The fourth-order valence-corrected chi connectivity index (χ4v) is 2.48. The van der Waals surface area contributed by atoms with Crippen molar-refractivity contribution in [3.63, 3.8) is 0 Å². The summed E-state index contributed by atoms with van der Waals surface area (Å²) < 4.78 is 29.0. The molecule has 0 spiro atoms. The van der Waals surface area contributed by atoms with Crippen molar-refractivity contribution in [1.82, 2.24) is 9.97 Å². The van der Waals surface area contributed by atoms with Gasteiger partial charge in [-0.3, -0.25) is 5.32 Å². The lowest BCUT2D eigenvalue weighted by molar-refractivity contribution is 0.187. The Hall–Kier alpha value is -3.62. The van der Waals surface area contributed by atoms with Crippen molar-refractivity contribution in [3.05, 3.63) is 42.5 Å². The molecule has 0 fully saturated rings. The van der Waals surface area contributed by atoms with E-state index >= 15 is 0 Å². The normalized spacial score (nSPS) is 10.4. The molecular formula is C18H17FN4O4. The summed E-state index contributed by atoms with van der Waals surface area (Å²) in [6.45, 7) is 0. The maximum absolute atomic E-state index is 13.9. The molecule has 3 aromatic rings. The topological polar surface area (TPSA) is 94.6 Å². The van der Waals surface area contributed by atoms with Crippen molar-refractivity contribution < 1.29 is 23.4 Å². The highest BCUT2D eigenvalue weighted by Crippen LogP contribution is 2.34. The first kappa shape index (κ1) is 18.2. The molecule has 140 valence electrons. The summed E-state index contributed by atoms with van der Waals surface area (Å²) in [7, 11) is 4.27. The monoisotopic (exact) mass is 372 g/mol. The van der Waals surface area contributed by atoms with Crippen LogP contribution in [0.15, 0.2) is 36.7 Å². The Kier molecular flexibility index (Phi) is 5.20. The lowest BCUT2D eigenvalue weighted by Crippen LogP contribution is -2.12. The third-order valence-electron chi connectivity index (χ3n) is 3.79. The molecule has 1 aromatic heterocycles. The molecule has 0 atom stereocenters. The Morgan fingerprint density at radius 2 is 1.78 bits per heavy atom. The van der Waals surface area contributed by atoms with Gasteiger partial charge in [0.25, 0.3) is 0 Å². The zero-order chi connectivity index (χ0) is 19.4. The van der Waals surface area contributed by atoms with Crippen LogP contribution in [0.2, 0.25) is 0 Å². The van der Waals surface area contributed by atoms with E-state index in [9.17, 15) is 9.18 Å². The number of carbonyl (C=O) groups excluding carboxylic acids is 1. The Morgan fingerprint density at radius 3 is 2.48 bits per heavy atom. The molecule has 0 radical (unpaired) electrons. The maximum Gasteiger partial charge on any atom is 0.411 e. The Bertz CT molecular complexity index is 997. The number of aromatic nitrogens is 2. The number of rotatable bonds is 5. The second-order valence-electron chi connectivity index (χ2n) is 5.38. The van der Waals surface area contributed by atoms with Crippen LogP contribution in [0.5, 0.6) is 11.5 Å². The highest BCUT2D eigenvalue weighted by molar-refractivity contribution is 5.93. The summed E-state index contributed by atoms with van der Waals surface area (Å²) in [6.07, 6.45) is 0.628. The molecule has 2 N–H and O–H groups in total. The van der Waals surface area contributed by atoms with Gasteiger partial charge in [0, 0.05) is 17.1 Å². The van der Waals surface area contributed by atoms with Gasteiger partial charge in [-0.05, 0) is 24.3 Å². The lowest BCUT2D eigenvalue weighted by Gasteiger charge is -2.13. The van der Waals surface area contributed by atoms with Crippen LogP contribution in [0.25, 0.3) is 10.9 Å². The van der Waals surface area contributed by atoms with E-state index in [1.54, 1.807) is 19.2 Å². The predicted molar refractivity (Wildman–Crippen MR) is 98.4 cm³/mol. The summed E-state index contributed by atoms with van der Waals surface area (Å²) in [4.78, 5) is 19.8. The molecule has 0 aliphatic carbocycles. The average molecular weight is 372 g/mol. The van der Waals surface area contributed by atoms with Crippen LogP contribution >= 0.6 is 0 Å². The first-order valence-electron chi connectivity index (χ1n) is 7.84. The van der Waals surface area contributed by atoms with Gasteiger partial charge in [-0.25, -0.2) is 19.2 Å². The van der Waals surface area contributed by atoms with E-state index in [1.807, 2.05) is 0 Å². The number of ether oxygens (including phenoxy) is 3. The van der Waals surface area contributed by atoms with E-state index in [0.717, 1.165) is 0 Å². The van der Waals surface area contributed by atoms with Crippen molar-refractivity contribution in [2.45, 2.75) is 0 Å². The molecule has 1 heterocycles. The van der Waals surface area contributed by atoms with E-state index in [1.165, 1.54) is 38.7 Å². The molecule has 0 aliphatic rings. The summed E-state index contributed by atoms with van der Waals surface area (Å²) in [5, 5.41) is 6.08. The number of hydrogen-bond acceptors (Lipinski definition) is 7. The van der Waals surface area contributed by atoms with Crippen molar-refractivity contribution in [2.24, 2.45) is 0 Å². The molecule has 0 saturated heterocycles. The van der Waals surface area contributed by atoms with Crippen molar-refractivity contribution in [2.75, 3.05) is 32.0 Å². The third kappa shape index (κ3) is 3.81. The lowest BCUT2D eigenvalue weighted by atomic mass is 10.2. The Balaban J connectivity index is 1.99. The smallest absolute Gasteiger partial charge is 0.411 e. The number of amides is 1. The molecule has 3 rings (SSSR count). The van der Waals surface area contributed by atoms with E-state index in [-0.39, 0.29) is 5.69 Å². The minimum atomic E-state index is -0.768. The van der Waals surface area contributed by atoms with Crippen LogP contribution in [0, 0.1) is 5.82 Å². The first-order valence-corrected chi connectivity index (χ1v) is 7.84. The minimum Gasteiger partial charge on any atom is -0.493 e. The summed E-state index contributed by atoms with van der Waals surface area (Å²) in [6, 6.07) is 7.65. The number of hydrogen-bond donors (Lipinski definition) is 2. The Morgan fingerprint density at radius 1 is 1.04 bits per heavy atom. The number of halogens is 1. The van der Waals surface area contributed by atoms with Crippen molar-refractivity contribution >= 4 is 34.2 Å². The third-order valence-corrected chi connectivity index (χ3v) is 3.79. The van der Waals surface area contributed by atoms with Gasteiger partial charge in [-0.2, -0.15) is 0 Å². The van der Waals surface area contributed by atoms with Crippen molar-refractivity contribution in [1.29, 1.82) is 0 Å². The minimum absolute atomic E-state index is 0.0236. The zero-order valence-corrected chi connectivity index (χ0v) is 14.9. The van der Waals surface area contributed by atoms with Gasteiger partial charge < -0.3 is 19.5 Å². The number of benzene rings is 2. The fourth-order valence-electron chi connectivity index (χ4n) is 2.48. The van der Waals surface area contributed by atoms with Gasteiger partial charge >= 0.3 is 6.09 Å². The number of carbonyl (C=O) groups is 1. The largest absolute Gasteiger partial charge is 0.493 e. The van der Waals surface area contributed by atoms with Gasteiger partial charge in [0.2, 0.25) is 0 Å². The van der Waals surface area contributed by atoms with Crippen LogP contribution < -0.4 is 20.1 Å². The number of methoxy groups -OCH3 is 3. The van der Waals surface area contributed by atoms with Crippen LogP contribution in [0.4, 0.5) is 26.4 Å². The van der Waals surface area contributed by atoms with Gasteiger partial charge in [0.05, 0.1) is 32.5 Å². The molecule has 0 aliphatic heterocycles. The van der Waals surface area contributed by atoms with E-state index < -0.39 is 11.9 Å². The van der Waals surface area contributed by atoms with Crippen LogP contribution in [-0.2, 0) is 4.74 Å². The van der Waals surface area contributed by atoms with Gasteiger partial charge in [0.1, 0.15) is 18.0 Å². The number of nitrogens with zero attached hydrogens (tertiary/aromatic N) is 2. The average Bonchev–Trinajstić information content (AvgIpc) is 2.69. The van der Waals surface area contributed by atoms with Gasteiger partial charge in [0.15, 0.2) is 11.5 Å². The molecule has 27 heavy (non-hydrogen) atoms. The standard InChI is InChI=1S/C18H17FN4O4/c1-25-15-7-11-13(8-16(15)26-2)20-9-21-17(11)22-10-4-5-12(19)14(6-10)23-18(24)27-3/h4-9H,1-3H3,(H,23,24)(H,20,21,22). The SMILES string of the molecule is COC(=O)Nc1cc(Nc2ncnc3cc(OC)c(OC)cc23)ccc1F. The highest BCUT2D eigenvalue weighted by atomic mass is 19.1. The molecule has 2 aromatic carbocycles. The zero-order valence-electron chi connectivity index (χ0n) is 14.9. The van der Waals surface area contributed by atoms with Crippen LogP contribution in [0.1, 0.15) is 0 Å². The molecule has 1 amide bonds. The highest BCUT2D eigenvalue weighted by Gasteiger charge is 2.12. The molecule has 8 nitrogen and oxygen atoms in total. The van der Waals surface area contributed by atoms with E-state index in [0.29, 0.717) is 33.9 Å². The van der Waals surface area contributed by atoms with E-state index in [4.69, 9.17) is 9.47 Å². The van der Waals surface area contributed by atoms with E-state index in [2.05, 4.69) is 25.3 Å². The number of fused-ring (bicyclic) bond motifs is 1. The maximum atomic E-state index is 13.9. The van der Waals surface area contributed by atoms with Gasteiger partial charge in [-0.15, -0.1) is 0 Å². The molecule has 0 bridgehead atoms. The molecular weight excluding hydrogens is 355 g/mol. The molecule has 0 saturated carbocycles. The Labute approximate surface area is 154 Å².